The van der Waals surface area contributed by atoms with Crippen molar-refractivity contribution in [1.82, 2.24) is 30.9 Å². The Morgan fingerprint density at radius 2 is 1.07 bits per heavy atom. The molecule has 2 aliphatic carbocycles. The molecule has 462 valence electrons. The Hall–Kier alpha value is -10.1. The average molecular weight is 1250 g/mol. The molecular formula is C71H68Cl2F2N8O7. The van der Waals surface area contributed by atoms with Crippen LogP contribution in [0.1, 0.15) is 54.4 Å². The molecule has 8 aromatic rings. The van der Waals surface area contributed by atoms with E-state index in [-0.39, 0.29) is 37.0 Å². The third-order valence-electron chi connectivity index (χ3n) is 13.2. The molecule has 2 aromatic heterocycles. The first-order valence-corrected chi connectivity index (χ1v) is 28.8. The summed E-state index contributed by atoms with van der Waals surface area (Å²) in [5, 5.41) is 17.8. The molecule has 5 N–H and O–H groups in total. The minimum absolute atomic E-state index is 0.195. The summed E-state index contributed by atoms with van der Waals surface area (Å²) in [5.74, 6) is 0.679. The Morgan fingerprint density at radius 1 is 0.589 bits per heavy atom. The van der Waals surface area contributed by atoms with Gasteiger partial charge in [0.2, 0.25) is 0 Å². The normalized spacial score (nSPS) is 13.7. The van der Waals surface area contributed by atoms with E-state index in [9.17, 15) is 18.4 Å². The highest BCUT2D eigenvalue weighted by Crippen LogP contribution is 2.37. The molecule has 11 rings (SSSR count). The quantitative estimate of drug-likeness (QED) is 0.0236. The smallest absolute Gasteiger partial charge is 0.267 e. The molecule has 0 bridgehead atoms. The highest BCUT2D eigenvalue weighted by atomic mass is 35.5. The van der Waals surface area contributed by atoms with Gasteiger partial charge in [0.25, 0.3) is 11.8 Å². The van der Waals surface area contributed by atoms with Crippen LogP contribution in [0, 0.1) is 11.6 Å². The number of hydroxylamine groups is 2. The highest BCUT2D eigenvalue weighted by molar-refractivity contribution is 6.32. The van der Waals surface area contributed by atoms with Gasteiger partial charge in [0.1, 0.15) is 60.6 Å². The number of halogens is 4. The van der Waals surface area contributed by atoms with Gasteiger partial charge < -0.3 is 24.8 Å². The van der Waals surface area contributed by atoms with E-state index in [0.29, 0.717) is 63.8 Å². The summed E-state index contributed by atoms with van der Waals surface area (Å²) in [6, 6.07) is 35.1. The summed E-state index contributed by atoms with van der Waals surface area (Å²) in [6.45, 7) is 25.0. The zero-order chi connectivity index (χ0) is 64.8. The number of carbonyl (C=O) groups excluding carboxylic acids is 2. The van der Waals surface area contributed by atoms with E-state index >= 15 is 0 Å². The maximum atomic E-state index is 13.5. The molecule has 2 amide bonds. The second-order valence-electron chi connectivity index (χ2n) is 19.0. The fraction of sp³-hybridized carbons (Fsp3) is 0.127. The number of allylic oxidation sites excluding steroid dienone is 10. The van der Waals surface area contributed by atoms with Crippen molar-refractivity contribution in [3.05, 3.63) is 290 Å². The van der Waals surface area contributed by atoms with Gasteiger partial charge >= 0.3 is 0 Å². The Kier molecular flexibility index (Phi) is 27.8. The fourth-order valence-corrected chi connectivity index (χ4v) is 9.50. The maximum absolute atomic E-state index is 13.5. The summed E-state index contributed by atoms with van der Waals surface area (Å²) >= 11 is 13.0. The molecule has 1 fully saturated rings. The van der Waals surface area contributed by atoms with Crippen LogP contribution in [0.3, 0.4) is 0 Å². The van der Waals surface area contributed by atoms with E-state index in [1.807, 2.05) is 72.8 Å². The lowest BCUT2D eigenvalue weighted by Gasteiger charge is -2.21. The summed E-state index contributed by atoms with van der Waals surface area (Å²) in [5.41, 5.74) is 14.6. The molecule has 1 atom stereocenters. The summed E-state index contributed by atoms with van der Waals surface area (Å²) in [4.78, 5) is 46.5. The number of nitrogens with zero attached hydrogens (tertiary/aromatic N) is 4. The maximum Gasteiger partial charge on any atom is 0.267 e. The van der Waals surface area contributed by atoms with Gasteiger partial charge in [-0.1, -0.05) is 96.1 Å². The number of rotatable bonds is 18. The van der Waals surface area contributed by atoms with Gasteiger partial charge in [-0.25, -0.2) is 44.5 Å². The number of amides is 2. The molecule has 15 nitrogen and oxygen atoms in total. The van der Waals surface area contributed by atoms with Crippen LogP contribution in [0.2, 0.25) is 10.0 Å². The van der Waals surface area contributed by atoms with Crippen molar-refractivity contribution in [2.45, 2.75) is 51.6 Å². The van der Waals surface area contributed by atoms with Crippen LogP contribution in [-0.4, -0.2) is 49.9 Å². The molecule has 6 aromatic carbocycles. The Bertz CT molecular complexity index is 3950. The predicted octanol–water partition coefficient (Wildman–Crippen LogP) is 17.3. The molecule has 1 aliphatic heterocycles. The third-order valence-corrected chi connectivity index (χ3v) is 13.8. The molecular weight excluding hydrogens is 1190 g/mol. The Labute approximate surface area is 532 Å². The zero-order valence-corrected chi connectivity index (χ0v) is 50.9. The van der Waals surface area contributed by atoms with Crippen LogP contribution < -0.4 is 31.1 Å². The molecule has 0 saturated carbocycles. The first-order chi connectivity index (χ1) is 44.0. The van der Waals surface area contributed by atoms with E-state index in [2.05, 4.69) is 88.7 Å². The largest absolute Gasteiger partial charge is 0.487 e. The monoisotopic (exact) mass is 1250 g/mol. The van der Waals surface area contributed by atoms with Gasteiger partial charge in [-0.05, 0) is 155 Å². The minimum atomic E-state index is -0.579. The topological polar surface area (TPSA) is 191 Å². The van der Waals surface area contributed by atoms with Crippen LogP contribution in [0.25, 0.3) is 33.0 Å². The van der Waals surface area contributed by atoms with Crippen molar-refractivity contribution in [1.29, 1.82) is 0 Å². The summed E-state index contributed by atoms with van der Waals surface area (Å²) in [7, 11) is 0. The standard InChI is InChI=1S/C34H30ClFN4O4.C29H22ClFN4O3.4C2H4/c35-29-19-27(11-13-31(29)43-20-23-4-3-5-26(36)17-23)39-34-28-18-25(10-12-30(28)37-21-38-34)24-9-7-22(16-24)8-14-32(41)40-44-33-6-1-2-15-42-33;30-25-15-23(8-10-27(25)38-16-19-2-1-3-22(31)13-19)34-29-24-14-21(7-9-26(24)32-17-33-29)20-6-4-18(12-20)5-11-28(36)35-37;4*1-2/h3-5,7-14,17-19,21,33H,1-2,6,15-16,20H2,(H,40,41)(H,37,38,39);1-11,13-15,17,37H,12,16H2,(H,35,36)(H,32,33,34);4*1-2H2/b14-8+;11-5+;;;;. The number of nitrogens with one attached hydrogen (secondary N) is 4. The second kappa shape index (κ2) is 36.2. The van der Waals surface area contributed by atoms with Crippen molar-refractivity contribution in [3.8, 4) is 11.5 Å². The minimum Gasteiger partial charge on any atom is -0.487 e. The van der Waals surface area contributed by atoms with E-state index < -0.39 is 5.91 Å². The third kappa shape index (κ3) is 20.2. The van der Waals surface area contributed by atoms with Gasteiger partial charge in [-0.3, -0.25) is 14.8 Å². The van der Waals surface area contributed by atoms with E-state index in [4.69, 9.17) is 47.5 Å². The van der Waals surface area contributed by atoms with Gasteiger partial charge in [0.05, 0.1) is 21.1 Å². The Balaban J connectivity index is 0.000000260. The van der Waals surface area contributed by atoms with Crippen molar-refractivity contribution in [2.24, 2.45) is 0 Å². The SMILES string of the molecule is C=C.C=C.C=C.C=C.O=C(/C=C/C1=CC=C(c2ccc3ncnc(Nc4ccc(OCc5cccc(F)c5)c(Cl)c4)c3c2)C1)NO.O=C(/C=C/C1=CC=C(c2ccc3ncnc(Nc4ccc(OCc5cccc(F)c5)c(Cl)c4)c3c2)C1)NOC1CCCCO1. The molecule has 90 heavy (non-hydrogen) atoms. The lowest BCUT2D eigenvalue weighted by atomic mass is 10.0. The number of benzene rings is 6. The molecule has 1 unspecified atom stereocenters. The van der Waals surface area contributed by atoms with Gasteiger partial charge in [-0.2, -0.15) is 0 Å². The lowest BCUT2D eigenvalue weighted by Crippen LogP contribution is -2.32. The van der Waals surface area contributed by atoms with Crippen molar-refractivity contribution < 1.29 is 42.6 Å². The number of fused-ring (bicyclic) bond motifs is 2. The fourth-order valence-electron chi connectivity index (χ4n) is 9.03. The number of hydrogen-bond donors (Lipinski definition) is 5. The number of carbonyl (C=O) groups is 2. The molecule has 0 radical (unpaired) electrons. The first kappa shape index (κ1) is 69.0. The first-order valence-electron chi connectivity index (χ1n) is 28.0. The summed E-state index contributed by atoms with van der Waals surface area (Å²) < 4.78 is 43.9. The molecule has 0 spiro atoms. The van der Waals surface area contributed by atoms with E-state index in [0.717, 1.165) is 85.9 Å². The molecule has 19 heteroatoms. The van der Waals surface area contributed by atoms with Crippen molar-refractivity contribution >= 4 is 91.0 Å². The number of aromatic nitrogens is 4. The number of hydrogen-bond acceptors (Lipinski definition) is 13. The second-order valence-corrected chi connectivity index (χ2v) is 19.8. The zero-order valence-electron chi connectivity index (χ0n) is 49.4. The molecule has 1 saturated heterocycles. The highest BCUT2D eigenvalue weighted by Gasteiger charge is 2.18. The Morgan fingerprint density at radius 3 is 1.50 bits per heavy atom. The number of ether oxygens (including phenoxy) is 3. The van der Waals surface area contributed by atoms with Gasteiger partial charge in [0.15, 0.2) is 6.29 Å². The van der Waals surface area contributed by atoms with Gasteiger partial charge in [0, 0.05) is 47.3 Å². The average Bonchev–Trinajstić information content (AvgIpc) is 2.00. The van der Waals surface area contributed by atoms with Crippen molar-refractivity contribution in [3.63, 3.8) is 0 Å². The van der Waals surface area contributed by atoms with Crippen LogP contribution >= 0.6 is 23.2 Å². The van der Waals surface area contributed by atoms with Crippen molar-refractivity contribution in [2.75, 3.05) is 17.2 Å². The van der Waals surface area contributed by atoms with Gasteiger partial charge in [-0.15, -0.1) is 52.6 Å². The lowest BCUT2D eigenvalue weighted by molar-refractivity contribution is -0.198. The van der Waals surface area contributed by atoms with Crippen LogP contribution in [0.4, 0.5) is 31.8 Å². The van der Waals surface area contributed by atoms with Crippen LogP contribution in [0.5, 0.6) is 11.5 Å². The predicted molar refractivity (Wildman–Crippen MR) is 357 cm³/mol. The molecule has 3 heterocycles. The van der Waals surface area contributed by atoms with E-state index in [1.165, 1.54) is 49.1 Å². The van der Waals surface area contributed by atoms with Crippen LogP contribution in [-0.2, 0) is 32.4 Å². The number of anilines is 4. The summed E-state index contributed by atoms with van der Waals surface area (Å²) in [6.07, 6.45) is 20.9. The van der Waals surface area contributed by atoms with E-state index in [1.54, 1.807) is 66.2 Å². The van der Waals surface area contributed by atoms with Crippen LogP contribution in [0.15, 0.2) is 246 Å². The molecule has 3 aliphatic rings.